The molecule has 1 saturated carbocycles. The van der Waals surface area contributed by atoms with Gasteiger partial charge in [0.15, 0.2) is 0 Å². The molecule has 1 N–H and O–H groups in total. The van der Waals surface area contributed by atoms with Gasteiger partial charge in [0.1, 0.15) is 11.6 Å². The molecular formula is C16H22F2N2O. The van der Waals surface area contributed by atoms with E-state index >= 15 is 0 Å². The lowest BCUT2D eigenvalue weighted by atomic mass is 10.0. The number of hydrogen-bond acceptors (Lipinski definition) is 2. The highest BCUT2D eigenvalue weighted by Crippen LogP contribution is 2.46. The summed E-state index contributed by atoms with van der Waals surface area (Å²) in [6, 6.07) is 3.15. The molecule has 1 aromatic rings. The molecule has 0 unspecified atom stereocenters. The van der Waals surface area contributed by atoms with Crippen molar-refractivity contribution in [3.05, 3.63) is 35.4 Å². The number of hydrogen-bond donors (Lipinski definition) is 1. The molecule has 1 amide bonds. The van der Waals surface area contributed by atoms with Gasteiger partial charge >= 0.3 is 0 Å². The summed E-state index contributed by atoms with van der Waals surface area (Å²) in [5.74, 6) is -1.07. The Kier molecular flexibility index (Phi) is 4.61. The standard InChI is InChI=1S/C16H22F2N2O/c1-4-14(20(3)5-2)15(21)19-16(8-9-16)12-10-11(17)6-7-13(12)18/h6-7,10,14H,4-5,8-9H2,1-3H3,(H,19,21)/t14-/m0/s1. The molecule has 21 heavy (non-hydrogen) atoms. The van der Waals surface area contributed by atoms with Crippen LogP contribution in [0.15, 0.2) is 18.2 Å². The Hall–Kier alpha value is -1.49. The van der Waals surface area contributed by atoms with Crippen molar-refractivity contribution in [2.75, 3.05) is 13.6 Å². The van der Waals surface area contributed by atoms with Crippen LogP contribution in [0.2, 0.25) is 0 Å². The fourth-order valence-electron chi connectivity index (χ4n) is 2.69. The molecule has 2 rings (SSSR count). The van der Waals surface area contributed by atoms with Crippen LogP contribution in [-0.2, 0) is 10.3 Å². The van der Waals surface area contributed by atoms with E-state index in [0.29, 0.717) is 19.3 Å². The molecule has 0 saturated heterocycles. The summed E-state index contributed by atoms with van der Waals surface area (Å²) < 4.78 is 27.3. The molecule has 5 heteroatoms. The minimum atomic E-state index is -0.731. The van der Waals surface area contributed by atoms with Gasteiger partial charge in [0.2, 0.25) is 5.91 Å². The highest BCUT2D eigenvalue weighted by atomic mass is 19.1. The van der Waals surface area contributed by atoms with Crippen LogP contribution in [0.1, 0.15) is 38.7 Å². The van der Waals surface area contributed by atoms with Crippen molar-refractivity contribution in [1.29, 1.82) is 0 Å². The van der Waals surface area contributed by atoms with E-state index in [1.165, 1.54) is 6.07 Å². The first-order valence-corrected chi connectivity index (χ1v) is 7.41. The van der Waals surface area contributed by atoms with Crippen molar-refractivity contribution < 1.29 is 13.6 Å². The maximum atomic E-state index is 13.9. The van der Waals surface area contributed by atoms with Crippen LogP contribution in [-0.4, -0.2) is 30.4 Å². The number of halogens is 2. The molecular weight excluding hydrogens is 274 g/mol. The summed E-state index contributed by atoms with van der Waals surface area (Å²) in [7, 11) is 1.89. The molecule has 3 nitrogen and oxygen atoms in total. The number of amides is 1. The topological polar surface area (TPSA) is 32.3 Å². The van der Waals surface area contributed by atoms with Crippen LogP contribution in [0.25, 0.3) is 0 Å². The number of nitrogens with one attached hydrogen (secondary N) is 1. The summed E-state index contributed by atoms with van der Waals surface area (Å²) >= 11 is 0. The summed E-state index contributed by atoms with van der Waals surface area (Å²) in [5.41, 5.74) is -0.476. The van der Waals surface area contributed by atoms with E-state index < -0.39 is 17.2 Å². The SMILES string of the molecule is CC[C@@H](C(=O)NC1(c2cc(F)ccc2F)CC1)N(C)CC. The van der Waals surface area contributed by atoms with Gasteiger partial charge < -0.3 is 5.32 Å². The van der Waals surface area contributed by atoms with Gasteiger partial charge in [-0.2, -0.15) is 0 Å². The largest absolute Gasteiger partial charge is 0.345 e. The molecule has 116 valence electrons. The van der Waals surface area contributed by atoms with Gasteiger partial charge in [-0.15, -0.1) is 0 Å². The van der Waals surface area contributed by atoms with Gasteiger partial charge in [0, 0.05) is 5.56 Å². The van der Waals surface area contributed by atoms with E-state index in [1.54, 1.807) is 0 Å². The molecule has 0 aromatic heterocycles. The third-order valence-electron chi connectivity index (χ3n) is 4.28. The average molecular weight is 296 g/mol. The first kappa shape index (κ1) is 15.9. The zero-order valence-electron chi connectivity index (χ0n) is 12.7. The van der Waals surface area contributed by atoms with Crippen LogP contribution in [0.5, 0.6) is 0 Å². The minimum absolute atomic E-state index is 0.122. The minimum Gasteiger partial charge on any atom is -0.345 e. The first-order chi connectivity index (χ1) is 9.93. The Morgan fingerprint density at radius 3 is 2.57 bits per heavy atom. The summed E-state index contributed by atoms with van der Waals surface area (Å²) in [6.07, 6.45) is 1.97. The summed E-state index contributed by atoms with van der Waals surface area (Å²) in [6.45, 7) is 4.68. The van der Waals surface area contributed by atoms with Crippen molar-refractivity contribution in [3.63, 3.8) is 0 Å². The molecule has 0 bridgehead atoms. The van der Waals surface area contributed by atoms with E-state index in [4.69, 9.17) is 0 Å². The number of likely N-dealkylation sites (N-methyl/N-ethyl adjacent to an activating group) is 1. The van der Waals surface area contributed by atoms with E-state index in [9.17, 15) is 13.6 Å². The van der Waals surface area contributed by atoms with Gasteiger partial charge in [-0.1, -0.05) is 13.8 Å². The highest BCUT2D eigenvalue weighted by molar-refractivity contribution is 5.83. The van der Waals surface area contributed by atoms with Gasteiger partial charge in [0.05, 0.1) is 11.6 Å². The van der Waals surface area contributed by atoms with Crippen LogP contribution in [0.4, 0.5) is 8.78 Å². The summed E-state index contributed by atoms with van der Waals surface area (Å²) in [4.78, 5) is 14.4. The van der Waals surface area contributed by atoms with E-state index in [1.807, 2.05) is 25.8 Å². The zero-order valence-corrected chi connectivity index (χ0v) is 12.7. The monoisotopic (exact) mass is 296 g/mol. The fraction of sp³-hybridized carbons (Fsp3) is 0.562. The van der Waals surface area contributed by atoms with Crippen molar-refractivity contribution in [2.24, 2.45) is 0 Å². The Labute approximate surface area is 124 Å². The Morgan fingerprint density at radius 1 is 1.38 bits per heavy atom. The van der Waals surface area contributed by atoms with Gasteiger partial charge in [-0.25, -0.2) is 8.78 Å². The number of benzene rings is 1. The predicted octanol–water partition coefficient (Wildman–Crippen LogP) is 2.80. The second-order valence-corrected chi connectivity index (χ2v) is 5.69. The lowest BCUT2D eigenvalue weighted by Crippen LogP contribution is -2.48. The molecule has 0 heterocycles. The molecule has 1 aromatic carbocycles. The lowest BCUT2D eigenvalue weighted by molar-refractivity contribution is -0.127. The third-order valence-corrected chi connectivity index (χ3v) is 4.28. The second kappa shape index (κ2) is 6.10. The third kappa shape index (κ3) is 3.23. The molecule has 0 aliphatic heterocycles. The van der Waals surface area contributed by atoms with Crippen LogP contribution in [0.3, 0.4) is 0 Å². The van der Waals surface area contributed by atoms with E-state index in [0.717, 1.165) is 18.7 Å². The molecule has 0 radical (unpaired) electrons. The highest BCUT2D eigenvalue weighted by Gasteiger charge is 2.48. The number of carbonyl (C=O) groups is 1. The molecule has 1 aliphatic rings. The molecule has 0 spiro atoms. The Balaban J connectivity index is 2.18. The van der Waals surface area contributed by atoms with Gasteiger partial charge in [-0.05, 0) is 51.1 Å². The van der Waals surface area contributed by atoms with Crippen molar-refractivity contribution in [2.45, 2.75) is 44.7 Å². The summed E-state index contributed by atoms with van der Waals surface area (Å²) in [5, 5.41) is 2.93. The molecule has 1 atom stereocenters. The van der Waals surface area contributed by atoms with Crippen molar-refractivity contribution in [3.8, 4) is 0 Å². The van der Waals surface area contributed by atoms with Crippen molar-refractivity contribution in [1.82, 2.24) is 10.2 Å². The Bertz CT molecular complexity index is 529. The smallest absolute Gasteiger partial charge is 0.238 e. The van der Waals surface area contributed by atoms with Gasteiger partial charge in [-0.3, -0.25) is 9.69 Å². The lowest BCUT2D eigenvalue weighted by Gasteiger charge is -2.28. The van der Waals surface area contributed by atoms with Crippen molar-refractivity contribution >= 4 is 5.91 Å². The number of carbonyl (C=O) groups excluding carboxylic acids is 1. The van der Waals surface area contributed by atoms with E-state index in [-0.39, 0.29) is 17.5 Å². The van der Waals surface area contributed by atoms with Crippen LogP contribution < -0.4 is 5.32 Å². The molecule has 1 aliphatic carbocycles. The van der Waals surface area contributed by atoms with E-state index in [2.05, 4.69) is 5.32 Å². The van der Waals surface area contributed by atoms with Crippen LogP contribution in [0, 0.1) is 11.6 Å². The average Bonchev–Trinajstić information content (AvgIpc) is 3.22. The normalized spacial score (nSPS) is 17.6. The zero-order chi connectivity index (χ0) is 15.6. The van der Waals surface area contributed by atoms with Gasteiger partial charge in [0.25, 0.3) is 0 Å². The molecule has 1 fully saturated rings. The number of rotatable bonds is 6. The maximum absolute atomic E-state index is 13.9. The quantitative estimate of drug-likeness (QED) is 0.875. The van der Waals surface area contributed by atoms with Crippen LogP contribution >= 0.6 is 0 Å². The first-order valence-electron chi connectivity index (χ1n) is 7.41. The second-order valence-electron chi connectivity index (χ2n) is 5.69. The predicted molar refractivity (Wildman–Crippen MR) is 77.8 cm³/mol. The Morgan fingerprint density at radius 2 is 2.05 bits per heavy atom. The fourth-order valence-corrected chi connectivity index (χ4v) is 2.69. The maximum Gasteiger partial charge on any atom is 0.238 e. The number of nitrogens with zero attached hydrogens (tertiary/aromatic N) is 1.